The second kappa shape index (κ2) is 3.95. The maximum absolute atomic E-state index is 8.93. The van der Waals surface area contributed by atoms with Gasteiger partial charge in [0.15, 0.2) is 0 Å². The van der Waals surface area contributed by atoms with Crippen LogP contribution in [-0.2, 0) is 4.74 Å². The largest absolute Gasteiger partial charge is 0.392 e. The molecule has 1 N–H and O–H groups in total. The predicted molar refractivity (Wildman–Crippen MR) is 55.0 cm³/mol. The highest BCUT2D eigenvalue weighted by molar-refractivity contribution is 5.28. The zero-order valence-corrected chi connectivity index (χ0v) is 8.23. The summed E-state index contributed by atoms with van der Waals surface area (Å²) in [6.45, 7) is 2.71. The lowest BCUT2D eigenvalue weighted by Crippen LogP contribution is -1.96. The van der Waals surface area contributed by atoms with Gasteiger partial charge in [-0.1, -0.05) is 29.8 Å². The van der Waals surface area contributed by atoms with Crippen LogP contribution < -0.4 is 0 Å². The Balaban J connectivity index is 2.17. The third-order valence-corrected chi connectivity index (χ3v) is 2.44. The number of hydrogen-bond donors (Lipinski definition) is 1. The third-order valence-electron chi connectivity index (χ3n) is 2.44. The Morgan fingerprint density at radius 3 is 2.64 bits per heavy atom. The first-order valence-corrected chi connectivity index (χ1v) is 4.78. The summed E-state index contributed by atoms with van der Waals surface area (Å²) in [5.74, 6) is 0. The van der Waals surface area contributed by atoms with Gasteiger partial charge in [0.05, 0.1) is 13.2 Å². The molecule has 0 unspecified atom stereocenters. The van der Waals surface area contributed by atoms with Crippen molar-refractivity contribution in [2.75, 3.05) is 13.2 Å². The minimum atomic E-state index is 0.0257. The minimum Gasteiger partial charge on any atom is -0.392 e. The molecule has 1 aliphatic rings. The summed E-state index contributed by atoms with van der Waals surface area (Å²) in [6.07, 6.45) is 2.02. The van der Waals surface area contributed by atoms with Crippen LogP contribution in [0.1, 0.15) is 17.2 Å². The molecule has 1 aromatic rings. The maximum atomic E-state index is 8.93. The Hall–Kier alpha value is -1.12. The van der Waals surface area contributed by atoms with Crippen LogP contribution in [0.25, 0.3) is 0 Å². The Bertz CT molecular complexity index is 338. The van der Waals surface area contributed by atoms with Gasteiger partial charge in [0, 0.05) is 0 Å². The van der Waals surface area contributed by atoms with Crippen molar-refractivity contribution in [3.05, 3.63) is 47.0 Å². The molecule has 2 nitrogen and oxygen atoms in total. The van der Waals surface area contributed by atoms with E-state index < -0.39 is 0 Å². The van der Waals surface area contributed by atoms with Crippen molar-refractivity contribution in [1.82, 2.24) is 0 Å². The van der Waals surface area contributed by atoms with Crippen LogP contribution in [0, 0.1) is 6.92 Å². The first-order valence-electron chi connectivity index (χ1n) is 4.78. The van der Waals surface area contributed by atoms with E-state index in [2.05, 4.69) is 31.2 Å². The van der Waals surface area contributed by atoms with E-state index in [-0.39, 0.29) is 12.7 Å². The van der Waals surface area contributed by atoms with E-state index in [1.54, 1.807) is 0 Å². The molecule has 0 saturated heterocycles. The van der Waals surface area contributed by atoms with Crippen molar-refractivity contribution in [2.24, 2.45) is 0 Å². The lowest BCUT2D eigenvalue weighted by atomic mass is 10.1. The van der Waals surface area contributed by atoms with Gasteiger partial charge in [-0.15, -0.1) is 0 Å². The van der Waals surface area contributed by atoms with Crippen molar-refractivity contribution < 1.29 is 9.84 Å². The number of aryl methyl sites for hydroxylation is 1. The minimum absolute atomic E-state index is 0.0257. The van der Waals surface area contributed by atoms with Gasteiger partial charge in [-0.3, -0.25) is 0 Å². The Labute approximate surface area is 83.8 Å². The number of benzene rings is 1. The third kappa shape index (κ3) is 1.86. The van der Waals surface area contributed by atoms with E-state index in [1.165, 1.54) is 5.56 Å². The van der Waals surface area contributed by atoms with E-state index in [9.17, 15) is 0 Å². The summed E-state index contributed by atoms with van der Waals surface area (Å²) < 4.78 is 5.53. The smallest absolute Gasteiger partial charge is 0.101 e. The molecule has 0 bridgehead atoms. The number of aliphatic hydroxyl groups is 1. The fourth-order valence-electron chi connectivity index (χ4n) is 1.55. The zero-order chi connectivity index (χ0) is 9.97. The van der Waals surface area contributed by atoms with E-state index in [0.29, 0.717) is 6.61 Å². The van der Waals surface area contributed by atoms with Crippen LogP contribution >= 0.6 is 0 Å². The summed E-state index contributed by atoms with van der Waals surface area (Å²) >= 11 is 0. The number of ether oxygens (including phenoxy) is 1. The lowest BCUT2D eigenvalue weighted by Gasteiger charge is -2.08. The monoisotopic (exact) mass is 190 g/mol. The van der Waals surface area contributed by atoms with Crippen molar-refractivity contribution in [3.63, 3.8) is 0 Å². The summed E-state index contributed by atoms with van der Waals surface area (Å²) in [6, 6.07) is 8.28. The molecule has 0 aliphatic carbocycles. The van der Waals surface area contributed by atoms with Crippen LogP contribution in [0.15, 0.2) is 35.9 Å². The van der Waals surface area contributed by atoms with Crippen LogP contribution in [0.5, 0.6) is 0 Å². The van der Waals surface area contributed by atoms with Crippen LogP contribution in [0.2, 0.25) is 0 Å². The van der Waals surface area contributed by atoms with Crippen molar-refractivity contribution in [3.8, 4) is 0 Å². The number of hydrogen-bond acceptors (Lipinski definition) is 2. The summed E-state index contributed by atoms with van der Waals surface area (Å²) in [7, 11) is 0. The molecule has 1 aliphatic heterocycles. The molecule has 1 atom stereocenters. The van der Waals surface area contributed by atoms with E-state index in [1.807, 2.05) is 6.08 Å². The Morgan fingerprint density at radius 1 is 1.36 bits per heavy atom. The topological polar surface area (TPSA) is 29.5 Å². The van der Waals surface area contributed by atoms with Gasteiger partial charge in [0.2, 0.25) is 0 Å². The molecule has 0 aromatic heterocycles. The quantitative estimate of drug-likeness (QED) is 0.723. The molecular formula is C12H14O2. The second-order valence-corrected chi connectivity index (χ2v) is 3.63. The molecule has 14 heavy (non-hydrogen) atoms. The van der Waals surface area contributed by atoms with E-state index in [4.69, 9.17) is 9.84 Å². The Kier molecular flexibility index (Phi) is 2.66. The maximum Gasteiger partial charge on any atom is 0.101 e. The predicted octanol–water partition coefficient (Wildman–Crippen LogP) is 1.99. The number of rotatable bonds is 2. The second-order valence-electron chi connectivity index (χ2n) is 3.63. The Morgan fingerprint density at radius 2 is 2.07 bits per heavy atom. The van der Waals surface area contributed by atoms with Gasteiger partial charge in [-0.2, -0.15) is 0 Å². The lowest BCUT2D eigenvalue weighted by molar-refractivity contribution is 0.123. The first kappa shape index (κ1) is 9.44. The van der Waals surface area contributed by atoms with Crippen LogP contribution in [-0.4, -0.2) is 18.3 Å². The highest BCUT2D eigenvalue weighted by Gasteiger charge is 2.16. The molecule has 0 amide bonds. The first-order chi connectivity index (χ1) is 6.79. The SMILES string of the molecule is Cc1ccc([C@H]2C=C(CO)CO2)cc1. The molecule has 1 heterocycles. The van der Waals surface area contributed by atoms with Crippen molar-refractivity contribution in [2.45, 2.75) is 13.0 Å². The average molecular weight is 190 g/mol. The van der Waals surface area contributed by atoms with E-state index >= 15 is 0 Å². The molecule has 0 spiro atoms. The fourth-order valence-corrected chi connectivity index (χ4v) is 1.55. The van der Waals surface area contributed by atoms with Crippen LogP contribution in [0.3, 0.4) is 0 Å². The van der Waals surface area contributed by atoms with Crippen molar-refractivity contribution in [1.29, 1.82) is 0 Å². The summed E-state index contributed by atoms with van der Waals surface area (Å²) in [5, 5.41) is 8.93. The van der Waals surface area contributed by atoms with Crippen LogP contribution in [0.4, 0.5) is 0 Å². The highest BCUT2D eigenvalue weighted by atomic mass is 16.5. The molecular weight excluding hydrogens is 176 g/mol. The normalized spacial score (nSPS) is 21.0. The fraction of sp³-hybridized carbons (Fsp3) is 0.333. The standard InChI is InChI=1S/C12H14O2/c1-9-2-4-11(5-3-9)12-6-10(7-13)8-14-12/h2-6,12-13H,7-8H2,1H3/t12-/m1/s1. The zero-order valence-electron chi connectivity index (χ0n) is 8.23. The average Bonchev–Trinajstić information content (AvgIpc) is 2.67. The molecule has 1 aromatic carbocycles. The molecule has 74 valence electrons. The highest BCUT2D eigenvalue weighted by Crippen LogP contribution is 2.26. The molecule has 0 fully saturated rings. The summed E-state index contributed by atoms with van der Waals surface area (Å²) in [5.41, 5.74) is 3.37. The van der Waals surface area contributed by atoms with Gasteiger partial charge >= 0.3 is 0 Å². The van der Waals surface area contributed by atoms with E-state index in [0.717, 1.165) is 11.1 Å². The van der Waals surface area contributed by atoms with Gasteiger partial charge in [-0.05, 0) is 24.1 Å². The molecule has 0 radical (unpaired) electrons. The number of aliphatic hydroxyl groups excluding tert-OH is 1. The summed E-state index contributed by atoms with van der Waals surface area (Å²) in [4.78, 5) is 0. The van der Waals surface area contributed by atoms with Gasteiger partial charge in [0.1, 0.15) is 6.10 Å². The molecule has 2 rings (SSSR count). The molecule has 2 heteroatoms. The van der Waals surface area contributed by atoms with Gasteiger partial charge in [-0.25, -0.2) is 0 Å². The molecule has 0 saturated carbocycles. The van der Waals surface area contributed by atoms with Gasteiger partial charge < -0.3 is 9.84 Å². The van der Waals surface area contributed by atoms with Gasteiger partial charge in [0.25, 0.3) is 0 Å². The van der Waals surface area contributed by atoms with Crippen molar-refractivity contribution >= 4 is 0 Å².